The van der Waals surface area contributed by atoms with Gasteiger partial charge >= 0.3 is 11.9 Å². The van der Waals surface area contributed by atoms with Crippen LogP contribution in [0.1, 0.15) is 13.8 Å². The Hall–Kier alpha value is -2.57. The Morgan fingerprint density at radius 3 is 2.23 bits per heavy atom. The molecule has 1 aromatic rings. The number of methoxy groups -OCH3 is 1. The third kappa shape index (κ3) is 5.08. The molecule has 0 aromatic heterocycles. The van der Waals surface area contributed by atoms with Gasteiger partial charge in [-0.3, -0.25) is 0 Å². The monoisotopic (exact) mass is 311 g/mol. The van der Waals surface area contributed by atoms with Gasteiger partial charge in [-0.25, -0.2) is 14.0 Å². The second-order valence-electron chi connectivity index (χ2n) is 4.02. The summed E-state index contributed by atoms with van der Waals surface area (Å²) in [5.41, 5.74) is -0.00475. The van der Waals surface area contributed by atoms with E-state index in [1.54, 1.807) is 13.8 Å². The van der Waals surface area contributed by atoms with Crippen LogP contribution in [0.2, 0.25) is 0 Å². The minimum absolute atomic E-state index is 0.114. The van der Waals surface area contributed by atoms with E-state index in [0.717, 1.165) is 6.20 Å². The second-order valence-corrected chi connectivity index (χ2v) is 4.02. The lowest BCUT2D eigenvalue weighted by atomic mass is 10.2. The van der Waals surface area contributed by atoms with Gasteiger partial charge in [0.15, 0.2) is 5.57 Å². The standard InChI is InChI=1S/C15H18FNO5/c1-4-21-14(18)13(15(19)22-5-2)9-17-11-6-10(16)7-12(8-11)20-3/h6-9,17H,4-5H2,1-3H3. The van der Waals surface area contributed by atoms with Crippen molar-refractivity contribution in [2.24, 2.45) is 0 Å². The quantitative estimate of drug-likeness (QED) is 0.360. The third-order valence-electron chi connectivity index (χ3n) is 2.48. The molecule has 0 unspecified atom stereocenters. The van der Waals surface area contributed by atoms with E-state index in [4.69, 9.17) is 14.2 Å². The zero-order valence-corrected chi connectivity index (χ0v) is 12.6. The van der Waals surface area contributed by atoms with Gasteiger partial charge < -0.3 is 19.5 Å². The first-order chi connectivity index (χ1) is 10.5. The normalized spacial score (nSPS) is 9.64. The predicted octanol–water partition coefficient (Wildman–Crippen LogP) is 2.26. The molecule has 6 nitrogen and oxygen atoms in total. The van der Waals surface area contributed by atoms with E-state index in [1.807, 2.05) is 0 Å². The third-order valence-corrected chi connectivity index (χ3v) is 2.48. The highest BCUT2D eigenvalue weighted by molar-refractivity contribution is 6.14. The molecule has 1 aromatic carbocycles. The first-order valence-electron chi connectivity index (χ1n) is 6.67. The highest BCUT2D eigenvalue weighted by Gasteiger charge is 2.20. The Kier molecular flexibility index (Phi) is 6.88. The number of anilines is 1. The Bertz CT molecular complexity index is 551. The number of rotatable bonds is 7. The zero-order chi connectivity index (χ0) is 16.5. The summed E-state index contributed by atoms with van der Waals surface area (Å²) in [6.07, 6.45) is 1.12. The van der Waals surface area contributed by atoms with Gasteiger partial charge in [0.1, 0.15) is 11.6 Å². The smallest absolute Gasteiger partial charge is 0.347 e. The summed E-state index contributed by atoms with van der Waals surface area (Å²) in [6.45, 7) is 3.46. The molecular weight excluding hydrogens is 293 g/mol. The van der Waals surface area contributed by atoms with Gasteiger partial charge in [0.25, 0.3) is 0 Å². The van der Waals surface area contributed by atoms with Gasteiger partial charge in [-0.1, -0.05) is 0 Å². The van der Waals surface area contributed by atoms with Crippen molar-refractivity contribution >= 4 is 17.6 Å². The van der Waals surface area contributed by atoms with E-state index in [-0.39, 0.29) is 18.8 Å². The SMILES string of the molecule is CCOC(=O)C(=CNc1cc(F)cc(OC)c1)C(=O)OCC. The van der Waals surface area contributed by atoms with Crippen LogP contribution in [0.15, 0.2) is 30.0 Å². The molecule has 0 aliphatic heterocycles. The Balaban J connectivity index is 2.99. The maximum atomic E-state index is 13.4. The molecule has 22 heavy (non-hydrogen) atoms. The summed E-state index contributed by atoms with van der Waals surface area (Å²) >= 11 is 0. The van der Waals surface area contributed by atoms with E-state index in [0.29, 0.717) is 11.4 Å². The van der Waals surface area contributed by atoms with Crippen LogP contribution in [0.4, 0.5) is 10.1 Å². The van der Waals surface area contributed by atoms with Crippen LogP contribution < -0.4 is 10.1 Å². The van der Waals surface area contributed by atoms with E-state index in [9.17, 15) is 14.0 Å². The Labute approximate surface area is 127 Å². The summed E-state index contributed by atoms with van der Waals surface area (Å²) in [7, 11) is 1.40. The minimum Gasteiger partial charge on any atom is -0.497 e. The molecule has 0 aliphatic carbocycles. The lowest BCUT2D eigenvalue weighted by Crippen LogP contribution is -2.19. The number of hydrogen-bond donors (Lipinski definition) is 1. The maximum absolute atomic E-state index is 13.4. The number of carbonyl (C=O) groups is 2. The number of nitrogens with one attached hydrogen (secondary N) is 1. The van der Waals surface area contributed by atoms with Crippen molar-refractivity contribution in [1.82, 2.24) is 0 Å². The number of hydrogen-bond acceptors (Lipinski definition) is 6. The highest BCUT2D eigenvalue weighted by Crippen LogP contribution is 2.20. The fourth-order valence-electron chi connectivity index (χ4n) is 1.54. The van der Waals surface area contributed by atoms with Crippen LogP contribution in [0.25, 0.3) is 0 Å². The Morgan fingerprint density at radius 2 is 1.73 bits per heavy atom. The van der Waals surface area contributed by atoms with Crippen molar-refractivity contribution < 1.29 is 28.2 Å². The molecule has 0 saturated carbocycles. The summed E-state index contributed by atoms with van der Waals surface area (Å²) in [5.74, 6) is -1.87. The summed E-state index contributed by atoms with van der Waals surface area (Å²) in [5, 5.41) is 2.66. The first-order valence-corrected chi connectivity index (χ1v) is 6.67. The van der Waals surface area contributed by atoms with E-state index in [1.165, 1.54) is 25.3 Å². The fraction of sp³-hybridized carbons (Fsp3) is 0.333. The second kappa shape index (κ2) is 8.66. The lowest BCUT2D eigenvalue weighted by Gasteiger charge is -2.08. The molecule has 0 fully saturated rings. The molecule has 1 rings (SSSR count). The fourth-order valence-corrected chi connectivity index (χ4v) is 1.54. The van der Waals surface area contributed by atoms with Gasteiger partial charge in [0.2, 0.25) is 0 Å². The predicted molar refractivity (Wildman–Crippen MR) is 77.9 cm³/mol. The van der Waals surface area contributed by atoms with Crippen LogP contribution in [-0.2, 0) is 19.1 Å². The van der Waals surface area contributed by atoms with Crippen molar-refractivity contribution in [3.05, 3.63) is 35.8 Å². The number of halogens is 1. The van der Waals surface area contributed by atoms with Crippen LogP contribution in [0, 0.1) is 5.82 Å². The van der Waals surface area contributed by atoms with Gasteiger partial charge in [0.05, 0.1) is 20.3 Å². The van der Waals surface area contributed by atoms with Crippen molar-refractivity contribution in [3.63, 3.8) is 0 Å². The number of esters is 2. The molecule has 7 heteroatoms. The molecule has 0 atom stereocenters. The first kappa shape index (κ1) is 17.5. The molecule has 0 aliphatic rings. The largest absolute Gasteiger partial charge is 0.497 e. The average molecular weight is 311 g/mol. The van der Waals surface area contributed by atoms with Crippen molar-refractivity contribution in [2.45, 2.75) is 13.8 Å². The Morgan fingerprint density at radius 1 is 1.14 bits per heavy atom. The van der Waals surface area contributed by atoms with Crippen molar-refractivity contribution in [1.29, 1.82) is 0 Å². The molecule has 0 bridgehead atoms. The topological polar surface area (TPSA) is 73.9 Å². The van der Waals surface area contributed by atoms with E-state index >= 15 is 0 Å². The van der Waals surface area contributed by atoms with Crippen molar-refractivity contribution in [2.75, 3.05) is 25.6 Å². The van der Waals surface area contributed by atoms with Crippen LogP contribution in [0.5, 0.6) is 5.75 Å². The maximum Gasteiger partial charge on any atom is 0.347 e. The number of carbonyl (C=O) groups excluding carboxylic acids is 2. The zero-order valence-electron chi connectivity index (χ0n) is 12.6. The lowest BCUT2D eigenvalue weighted by molar-refractivity contribution is -0.146. The van der Waals surface area contributed by atoms with Gasteiger partial charge in [-0.05, 0) is 19.9 Å². The van der Waals surface area contributed by atoms with E-state index < -0.39 is 17.8 Å². The minimum atomic E-state index is -0.822. The van der Waals surface area contributed by atoms with Crippen LogP contribution in [-0.4, -0.2) is 32.3 Å². The number of benzene rings is 1. The van der Waals surface area contributed by atoms with E-state index in [2.05, 4.69) is 5.32 Å². The molecule has 0 heterocycles. The molecule has 1 N–H and O–H groups in total. The molecule has 120 valence electrons. The average Bonchev–Trinajstić information content (AvgIpc) is 2.47. The van der Waals surface area contributed by atoms with Gasteiger partial charge in [-0.15, -0.1) is 0 Å². The number of ether oxygens (including phenoxy) is 3. The van der Waals surface area contributed by atoms with Crippen molar-refractivity contribution in [3.8, 4) is 5.75 Å². The summed E-state index contributed by atoms with van der Waals surface area (Å²) in [4.78, 5) is 23.5. The molecule has 0 radical (unpaired) electrons. The molecule has 0 saturated heterocycles. The molecular formula is C15H18FNO5. The van der Waals surface area contributed by atoms with Gasteiger partial charge in [-0.2, -0.15) is 0 Å². The van der Waals surface area contributed by atoms with Crippen LogP contribution in [0.3, 0.4) is 0 Å². The summed E-state index contributed by atoms with van der Waals surface area (Å²) in [6, 6.07) is 3.90. The molecule has 0 amide bonds. The molecule has 0 spiro atoms. The van der Waals surface area contributed by atoms with Crippen LogP contribution >= 0.6 is 0 Å². The highest BCUT2D eigenvalue weighted by atomic mass is 19.1. The van der Waals surface area contributed by atoms with Gasteiger partial charge in [0, 0.05) is 24.0 Å². The summed E-state index contributed by atoms with van der Waals surface area (Å²) < 4.78 is 27.9.